The summed E-state index contributed by atoms with van der Waals surface area (Å²) in [6.07, 6.45) is 2.75. The Morgan fingerprint density at radius 2 is 1.92 bits per heavy atom. The number of piperidine rings is 1. The van der Waals surface area contributed by atoms with Crippen molar-refractivity contribution in [3.8, 4) is 17.2 Å². The van der Waals surface area contributed by atoms with E-state index in [0.717, 1.165) is 25.0 Å². The van der Waals surface area contributed by atoms with Gasteiger partial charge in [0.15, 0.2) is 23.2 Å². The second-order valence-corrected chi connectivity index (χ2v) is 8.43. The number of amides is 1. The highest BCUT2D eigenvalue weighted by molar-refractivity contribution is 5.91. The number of para-hydroxylation sites is 1. The molecule has 0 bridgehead atoms. The van der Waals surface area contributed by atoms with Crippen LogP contribution in [0.15, 0.2) is 59.9 Å². The number of rotatable bonds is 5. The van der Waals surface area contributed by atoms with Crippen LogP contribution in [0.5, 0.6) is 11.5 Å². The molecule has 3 heterocycles. The fourth-order valence-electron chi connectivity index (χ4n) is 4.47. The quantitative estimate of drug-likeness (QED) is 0.411. The van der Waals surface area contributed by atoms with E-state index in [1.807, 2.05) is 0 Å². The molecular weight excluding hydrogens is 470 g/mol. The van der Waals surface area contributed by atoms with Gasteiger partial charge in [-0.2, -0.15) is 10.2 Å². The number of nitrogens with zero attached hydrogens (tertiary/aromatic N) is 4. The van der Waals surface area contributed by atoms with Gasteiger partial charge in [0.25, 0.3) is 5.56 Å². The Labute approximate surface area is 203 Å². The normalized spacial score (nSPS) is 15.7. The van der Waals surface area contributed by atoms with Gasteiger partial charge in [0.1, 0.15) is 11.3 Å². The third-order valence-electron chi connectivity index (χ3n) is 6.17. The molecule has 184 valence electrons. The molecule has 2 aromatic heterocycles. The molecule has 1 amide bonds. The molecule has 1 atom stereocenters. The average molecular weight is 492 g/mol. The topological polar surface area (TPSA) is 119 Å². The van der Waals surface area contributed by atoms with Crippen LogP contribution >= 0.6 is 0 Å². The first-order valence-corrected chi connectivity index (χ1v) is 11.3. The van der Waals surface area contributed by atoms with E-state index in [9.17, 15) is 18.4 Å². The van der Waals surface area contributed by atoms with Crippen molar-refractivity contribution in [3.05, 3.63) is 82.8 Å². The molecule has 1 fully saturated rings. The van der Waals surface area contributed by atoms with Crippen LogP contribution in [-0.4, -0.2) is 43.9 Å². The lowest BCUT2D eigenvalue weighted by molar-refractivity contribution is -0.127. The minimum Gasteiger partial charge on any atom is -0.451 e. The van der Waals surface area contributed by atoms with Crippen molar-refractivity contribution in [3.63, 3.8) is 0 Å². The predicted molar refractivity (Wildman–Crippen MR) is 129 cm³/mol. The molecule has 1 aliphatic heterocycles. The summed E-state index contributed by atoms with van der Waals surface area (Å²) in [7, 11) is 0. The van der Waals surface area contributed by atoms with Crippen molar-refractivity contribution < 1.29 is 18.3 Å². The summed E-state index contributed by atoms with van der Waals surface area (Å²) in [5, 5.41) is 11.3. The van der Waals surface area contributed by atoms with Gasteiger partial charge in [-0.3, -0.25) is 9.59 Å². The molecule has 0 radical (unpaired) electrons. The van der Waals surface area contributed by atoms with Gasteiger partial charge in [0, 0.05) is 19.0 Å². The first-order valence-electron chi connectivity index (χ1n) is 11.3. The standard InChI is InChI=1S/C25H22F2N6O3/c1-2-19(34)32-12-4-5-14(13-32)21-20-22(24(28)29-30-25(20)35)33(31-21)15-8-10-16(11-9-15)36-23-17(26)6-3-7-18(23)27/h2-3,6-11,14H,1,4-5,12-13H2,(H2,28,29)(H,30,35)/t14-/m1/s1. The van der Waals surface area contributed by atoms with Gasteiger partial charge in [0.05, 0.1) is 16.8 Å². The third kappa shape index (κ3) is 4.08. The molecule has 0 aliphatic carbocycles. The van der Waals surface area contributed by atoms with E-state index >= 15 is 0 Å². The maximum Gasteiger partial charge on any atom is 0.275 e. The van der Waals surface area contributed by atoms with Crippen LogP contribution in [0, 0.1) is 11.6 Å². The van der Waals surface area contributed by atoms with Gasteiger partial charge in [-0.25, -0.2) is 18.6 Å². The average Bonchev–Trinajstić information content (AvgIpc) is 3.31. The molecular formula is C25H22F2N6O3. The molecule has 0 spiro atoms. The summed E-state index contributed by atoms with van der Waals surface area (Å²) in [6.45, 7) is 4.54. The lowest BCUT2D eigenvalue weighted by Crippen LogP contribution is -2.38. The zero-order valence-electron chi connectivity index (χ0n) is 19.1. The molecule has 4 aromatic rings. The number of nitrogens with two attached hydrogens (primary N) is 1. The number of aromatic amines is 1. The Morgan fingerprint density at radius 3 is 2.61 bits per heavy atom. The second-order valence-electron chi connectivity index (χ2n) is 8.43. The van der Waals surface area contributed by atoms with Gasteiger partial charge < -0.3 is 15.4 Å². The Balaban J connectivity index is 1.54. The van der Waals surface area contributed by atoms with Crippen molar-refractivity contribution in [1.29, 1.82) is 0 Å². The van der Waals surface area contributed by atoms with Crippen molar-refractivity contribution in [2.45, 2.75) is 18.8 Å². The maximum absolute atomic E-state index is 14.0. The van der Waals surface area contributed by atoms with Gasteiger partial charge in [-0.1, -0.05) is 12.6 Å². The number of carbonyl (C=O) groups is 1. The van der Waals surface area contributed by atoms with Crippen molar-refractivity contribution >= 4 is 22.6 Å². The minimum absolute atomic E-state index is 0.0759. The first kappa shape index (κ1) is 23.2. The number of H-pyrrole nitrogens is 1. The SMILES string of the molecule is C=CC(=O)N1CCC[C@@H](c2nn(-c3ccc(Oc4c(F)cccc4F)cc3)c3c(N)n[nH]c(=O)c23)C1. The Kier molecular flexibility index (Phi) is 5.96. The molecule has 9 nitrogen and oxygen atoms in total. The lowest BCUT2D eigenvalue weighted by Gasteiger charge is -2.31. The lowest BCUT2D eigenvalue weighted by atomic mass is 9.93. The Bertz CT molecular complexity index is 1510. The number of aromatic nitrogens is 4. The van der Waals surface area contributed by atoms with Crippen LogP contribution in [0.1, 0.15) is 24.5 Å². The number of benzene rings is 2. The molecule has 0 saturated carbocycles. The van der Waals surface area contributed by atoms with E-state index in [0.29, 0.717) is 35.4 Å². The fraction of sp³-hybridized carbons (Fsp3) is 0.200. The minimum atomic E-state index is -0.823. The van der Waals surface area contributed by atoms with Crippen LogP contribution in [0.25, 0.3) is 16.6 Å². The highest BCUT2D eigenvalue weighted by Crippen LogP contribution is 2.33. The Hall–Kier alpha value is -4.54. The molecule has 5 rings (SSSR count). The number of nitrogen functional groups attached to an aromatic ring is 1. The van der Waals surface area contributed by atoms with E-state index in [2.05, 4.69) is 16.8 Å². The van der Waals surface area contributed by atoms with Crippen molar-refractivity contribution in [2.24, 2.45) is 0 Å². The third-order valence-corrected chi connectivity index (χ3v) is 6.17. The number of halogens is 2. The predicted octanol–water partition coefficient (Wildman–Crippen LogP) is 3.65. The second kappa shape index (κ2) is 9.25. The van der Waals surface area contributed by atoms with E-state index < -0.39 is 22.9 Å². The van der Waals surface area contributed by atoms with Crippen LogP contribution in [0.3, 0.4) is 0 Å². The summed E-state index contributed by atoms with van der Waals surface area (Å²) in [4.78, 5) is 26.7. The Morgan fingerprint density at radius 1 is 1.19 bits per heavy atom. The number of likely N-dealkylation sites (tertiary alicyclic amines) is 1. The van der Waals surface area contributed by atoms with E-state index in [-0.39, 0.29) is 23.4 Å². The molecule has 0 unspecified atom stereocenters. The molecule has 3 N–H and O–H groups in total. The van der Waals surface area contributed by atoms with Crippen LogP contribution < -0.4 is 16.0 Å². The largest absolute Gasteiger partial charge is 0.451 e. The number of hydrogen-bond acceptors (Lipinski definition) is 6. The van der Waals surface area contributed by atoms with Crippen LogP contribution in [0.2, 0.25) is 0 Å². The van der Waals surface area contributed by atoms with Gasteiger partial charge in [-0.05, 0) is 55.3 Å². The van der Waals surface area contributed by atoms with E-state index in [1.54, 1.807) is 17.0 Å². The molecule has 11 heteroatoms. The van der Waals surface area contributed by atoms with Crippen LogP contribution in [-0.2, 0) is 4.79 Å². The maximum atomic E-state index is 14.0. The molecule has 2 aromatic carbocycles. The summed E-state index contributed by atoms with van der Waals surface area (Å²) < 4.78 is 34.8. The van der Waals surface area contributed by atoms with Crippen molar-refractivity contribution in [2.75, 3.05) is 18.8 Å². The summed E-state index contributed by atoms with van der Waals surface area (Å²) in [6, 6.07) is 9.75. The number of hydrogen-bond donors (Lipinski definition) is 2. The van der Waals surface area contributed by atoms with Gasteiger partial charge in [-0.15, -0.1) is 0 Å². The number of nitrogens with one attached hydrogen (secondary N) is 1. The zero-order valence-corrected chi connectivity index (χ0v) is 19.1. The number of anilines is 1. The summed E-state index contributed by atoms with van der Waals surface area (Å²) in [5.41, 5.74) is 7.07. The van der Waals surface area contributed by atoms with Gasteiger partial charge >= 0.3 is 0 Å². The molecule has 1 saturated heterocycles. The smallest absolute Gasteiger partial charge is 0.275 e. The van der Waals surface area contributed by atoms with Crippen LogP contribution in [0.4, 0.5) is 14.6 Å². The van der Waals surface area contributed by atoms with E-state index in [1.165, 1.54) is 29.0 Å². The first-order chi connectivity index (χ1) is 17.4. The summed E-state index contributed by atoms with van der Waals surface area (Å²) >= 11 is 0. The molecule has 36 heavy (non-hydrogen) atoms. The zero-order chi connectivity index (χ0) is 25.4. The highest BCUT2D eigenvalue weighted by Gasteiger charge is 2.30. The number of carbonyl (C=O) groups excluding carboxylic acids is 1. The van der Waals surface area contributed by atoms with E-state index in [4.69, 9.17) is 15.6 Å². The summed E-state index contributed by atoms with van der Waals surface area (Å²) in [5.74, 6) is -2.25. The fourth-order valence-corrected chi connectivity index (χ4v) is 4.47. The molecule has 1 aliphatic rings. The van der Waals surface area contributed by atoms with Crippen molar-refractivity contribution in [1.82, 2.24) is 24.9 Å². The van der Waals surface area contributed by atoms with Gasteiger partial charge in [0.2, 0.25) is 5.91 Å². The number of fused-ring (bicyclic) bond motifs is 1. The highest BCUT2D eigenvalue weighted by atomic mass is 19.1. The number of ether oxygens (including phenoxy) is 1. The monoisotopic (exact) mass is 492 g/mol.